The van der Waals surface area contributed by atoms with Gasteiger partial charge < -0.3 is 14.9 Å². The zero-order chi connectivity index (χ0) is 19.7. The van der Waals surface area contributed by atoms with Crippen molar-refractivity contribution in [3.63, 3.8) is 0 Å². The van der Waals surface area contributed by atoms with Crippen LogP contribution in [0, 0.1) is 25.5 Å². The molecule has 2 N–H and O–H groups in total. The van der Waals surface area contributed by atoms with E-state index in [0.29, 0.717) is 5.69 Å². The van der Waals surface area contributed by atoms with Gasteiger partial charge in [-0.25, -0.2) is 13.6 Å². The van der Waals surface area contributed by atoms with Crippen molar-refractivity contribution in [1.29, 1.82) is 0 Å². The van der Waals surface area contributed by atoms with Crippen LogP contribution in [0.5, 0.6) is 5.75 Å². The van der Waals surface area contributed by atoms with E-state index in [2.05, 4.69) is 5.10 Å². The third kappa shape index (κ3) is 3.57. The van der Waals surface area contributed by atoms with Crippen molar-refractivity contribution in [1.82, 2.24) is 9.78 Å². The van der Waals surface area contributed by atoms with Crippen LogP contribution >= 0.6 is 0 Å². The van der Waals surface area contributed by atoms with Crippen LogP contribution in [-0.2, 0) is 6.61 Å². The minimum Gasteiger partial charge on any atom is -0.481 e. The fourth-order valence-electron chi connectivity index (χ4n) is 2.58. The van der Waals surface area contributed by atoms with E-state index in [0.717, 1.165) is 27.9 Å². The van der Waals surface area contributed by atoms with E-state index in [1.807, 2.05) is 26.0 Å². The average molecular weight is 375 g/mol. The van der Waals surface area contributed by atoms with Gasteiger partial charge in [0.15, 0.2) is 18.2 Å². The third-order valence-electron chi connectivity index (χ3n) is 3.82. The molecule has 0 unspecified atom stereocenters. The number of rotatable bonds is 5. The van der Waals surface area contributed by atoms with Crippen molar-refractivity contribution >= 4 is 5.91 Å². The maximum Gasteiger partial charge on any atom is 0.442 e. The summed E-state index contributed by atoms with van der Waals surface area (Å²) in [7, 11) is 0. The maximum atomic E-state index is 14.1. The number of carbonyl (C=O) groups is 1. The number of aromatic nitrogens is 2. The molecule has 0 radical (unpaired) electrons. The highest BCUT2D eigenvalue weighted by atomic mass is 19.1. The first-order chi connectivity index (χ1) is 12.8. The van der Waals surface area contributed by atoms with E-state index in [1.54, 1.807) is 6.07 Å². The van der Waals surface area contributed by atoms with Gasteiger partial charge in [-0.3, -0.25) is 4.79 Å². The first-order valence-corrected chi connectivity index (χ1v) is 7.85. The lowest BCUT2D eigenvalue weighted by atomic mass is 10.1. The summed E-state index contributed by atoms with van der Waals surface area (Å²) >= 11 is 0. The molecular weight excluding hydrogens is 360 g/mol. The van der Waals surface area contributed by atoms with Crippen molar-refractivity contribution in [3.05, 3.63) is 75.1 Å². The average Bonchev–Trinajstić information content (AvgIpc) is 2.94. The minimum absolute atomic E-state index is 0.121. The van der Waals surface area contributed by atoms with Gasteiger partial charge in [0, 0.05) is 0 Å². The molecule has 0 saturated heterocycles. The summed E-state index contributed by atoms with van der Waals surface area (Å²) in [5.74, 6) is -4.88. The number of nitrogens with two attached hydrogens (primary N) is 1. The molecule has 1 amide bonds. The Bertz CT molecular complexity index is 1090. The highest BCUT2D eigenvalue weighted by Gasteiger charge is 2.20. The van der Waals surface area contributed by atoms with Gasteiger partial charge in [0.05, 0.1) is 5.69 Å². The lowest BCUT2D eigenvalue weighted by Crippen LogP contribution is -2.16. The number of aryl methyl sites for hydroxylation is 2. The Kier molecular flexibility index (Phi) is 4.76. The number of ether oxygens (including phenoxy) is 1. The Balaban J connectivity index is 1.86. The van der Waals surface area contributed by atoms with Crippen molar-refractivity contribution < 1.29 is 22.7 Å². The fourth-order valence-corrected chi connectivity index (χ4v) is 2.58. The van der Waals surface area contributed by atoms with Crippen LogP contribution in [0.25, 0.3) is 5.69 Å². The molecule has 0 spiro atoms. The molecule has 3 aromatic rings. The van der Waals surface area contributed by atoms with Gasteiger partial charge in [-0.05, 0) is 37.6 Å². The lowest BCUT2D eigenvalue weighted by Gasteiger charge is -2.08. The zero-order valence-corrected chi connectivity index (χ0v) is 14.5. The van der Waals surface area contributed by atoms with Gasteiger partial charge in [0.2, 0.25) is 0 Å². The van der Waals surface area contributed by atoms with Crippen LogP contribution in [0.15, 0.2) is 39.5 Å². The molecule has 0 bridgehead atoms. The summed E-state index contributed by atoms with van der Waals surface area (Å²) in [5.41, 5.74) is 6.41. The number of carbonyl (C=O) groups excluding carboxylic acids is 1. The Morgan fingerprint density at radius 3 is 2.67 bits per heavy atom. The predicted molar refractivity (Wildman–Crippen MR) is 90.8 cm³/mol. The SMILES string of the molecule is Cc1ccc(-n2nc(COc3ccc(F)c(C(N)=O)c3F)oc2=O)c(C)c1. The summed E-state index contributed by atoms with van der Waals surface area (Å²) in [4.78, 5) is 23.2. The van der Waals surface area contributed by atoms with Crippen LogP contribution in [-0.4, -0.2) is 15.7 Å². The second kappa shape index (κ2) is 7.02. The van der Waals surface area contributed by atoms with E-state index in [-0.39, 0.29) is 5.89 Å². The van der Waals surface area contributed by atoms with Gasteiger partial charge in [-0.15, -0.1) is 5.10 Å². The molecule has 0 atom stereocenters. The molecule has 1 aromatic heterocycles. The van der Waals surface area contributed by atoms with E-state index < -0.39 is 41.2 Å². The lowest BCUT2D eigenvalue weighted by molar-refractivity contribution is 0.0991. The molecule has 27 heavy (non-hydrogen) atoms. The first-order valence-electron chi connectivity index (χ1n) is 7.85. The molecule has 140 valence electrons. The largest absolute Gasteiger partial charge is 0.481 e. The predicted octanol–water partition coefficient (Wildman–Crippen LogP) is 2.40. The maximum absolute atomic E-state index is 14.1. The van der Waals surface area contributed by atoms with Gasteiger partial charge in [-0.2, -0.15) is 4.68 Å². The number of primary amides is 1. The molecular formula is C18H15F2N3O4. The highest BCUT2D eigenvalue weighted by molar-refractivity contribution is 5.93. The zero-order valence-electron chi connectivity index (χ0n) is 14.5. The van der Waals surface area contributed by atoms with Crippen molar-refractivity contribution in [3.8, 4) is 11.4 Å². The Morgan fingerprint density at radius 1 is 1.26 bits per heavy atom. The van der Waals surface area contributed by atoms with Crippen LogP contribution in [0.3, 0.4) is 0 Å². The van der Waals surface area contributed by atoms with Crippen molar-refractivity contribution in [2.24, 2.45) is 5.73 Å². The Morgan fingerprint density at radius 2 is 2.00 bits per heavy atom. The van der Waals surface area contributed by atoms with Gasteiger partial charge in [0.1, 0.15) is 11.4 Å². The molecule has 9 heteroatoms. The van der Waals surface area contributed by atoms with Crippen LogP contribution < -0.4 is 16.2 Å². The number of halogens is 2. The normalized spacial score (nSPS) is 10.8. The molecule has 0 aliphatic rings. The van der Waals surface area contributed by atoms with Gasteiger partial charge in [0.25, 0.3) is 11.8 Å². The van der Waals surface area contributed by atoms with Crippen molar-refractivity contribution in [2.45, 2.75) is 20.5 Å². The van der Waals surface area contributed by atoms with Crippen LogP contribution in [0.2, 0.25) is 0 Å². The quantitative estimate of drug-likeness (QED) is 0.738. The molecule has 2 aromatic carbocycles. The van der Waals surface area contributed by atoms with E-state index in [4.69, 9.17) is 14.9 Å². The van der Waals surface area contributed by atoms with E-state index >= 15 is 0 Å². The molecule has 0 aliphatic carbocycles. The molecule has 0 fully saturated rings. The topological polar surface area (TPSA) is 100 Å². The number of hydrogen-bond acceptors (Lipinski definition) is 5. The number of hydrogen-bond donors (Lipinski definition) is 1. The summed E-state index contributed by atoms with van der Waals surface area (Å²) in [5, 5.41) is 4.01. The number of nitrogens with zero attached hydrogens (tertiary/aromatic N) is 2. The number of amides is 1. The van der Waals surface area contributed by atoms with Crippen LogP contribution in [0.4, 0.5) is 8.78 Å². The molecule has 0 aliphatic heterocycles. The number of benzene rings is 2. The standard InChI is InChI=1S/C18H15F2N3O4/c1-9-3-5-12(10(2)7-9)23-18(25)27-14(22-23)8-26-13-6-4-11(19)15(16(13)20)17(21)24/h3-7H,8H2,1-2H3,(H2,21,24). The molecule has 3 rings (SSSR count). The smallest absolute Gasteiger partial charge is 0.442 e. The van der Waals surface area contributed by atoms with Crippen molar-refractivity contribution in [2.75, 3.05) is 0 Å². The molecule has 0 saturated carbocycles. The van der Waals surface area contributed by atoms with E-state index in [9.17, 15) is 18.4 Å². The summed E-state index contributed by atoms with van der Waals surface area (Å²) in [6.07, 6.45) is 0. The fraction of sp³-hybridized carbons (Fsp3) is 0.167. The van der Waals surface area contributed by atoms with Crippen LogP contribution in [0.1, 0.15) is 27.4 Å². The third-order valence-corrected chi connectivity index (χ3v) is 3.82. The monoisotopic (exact) mass is 375 g/mol. The Labute approximate surface area is 152 Å². The Hall–Kier alpha value is -3.49. The second-order valence-electron chi connectivity index (χ2n) is 5.85. The summed E-state index contributed by atoms with van der Waals surface area (Å²) in [6.45, 7) is 3.33. The summed E-state index contributed by atoms with van der Waals surface area (Å²) < 4.78 is 38.8. The minimum atomic E-state index is -1.26. The van der Waals surface area contributed by atoms with Gasteiger partial charge in [-0.1, -0.05) is 17.7 Å². The van der Waals surface area contributed by atoms with Gasteiger partial charge >= 0.3 is 5.76 Å². The summed E-state index contributed by atoms with van der Waals surface area (Å²) in [6, 6.07) is 7.27. The highest BCUT2D eigenvalue weighted by Crippen LogP contribution is 2.23. The molecule has 7 nitrogen and oxygen atoms in total. The molecule has 1 heterocycles. The first kappa shape index (κ1) is 18.3. The second-order valence-corrected chi connectivity index (χ2v) is 5.85. The van der Waals surface area contributed by atoms with E-state index in [1.165, 1.54) is 0 Å².